The molecule has 74 valence electrons. The second-order valence-corrected chi connectivity index (χ2v) is 3.01. The van der Waals surface area contributed by atoms with Crippen LogP contribution in [0.2, 0.25) is 0 Å². The van der Waals surface area contributed by atoms with Gasteiger partial charge in [0.15, 0.2) is 5.58 Å². The topological polar surface area (TPSA) is 61.3 Å². The minimum atomic E-state index is 0.388. The molecule has 0 radical (unpaired) electrons. The highest BCUT2D eigenvalue weighted by Crippen LogP contribution is 2.19. The average Bonchev–Trinajstić information content (AvgIpc) is 2.60. The lowest BCUT2D eigenvalue weighted by atomic mass is 10.2. The van der Waals surface area contributed by atoms with Crippen LogP contribution in [0.25, 0.3) is 11.1 Å². The van der Waals surface area contributed by atoms with Gasteiger partial charge in [-0.2, -0.15) is 0 Å². The van der Waals surface area contributed by atoms with Gasteiger partial charge in [-0.1, -0.05) is 12.1 Å². The van der Waals surface area contributed by atoms with E-state index in [0.29, 0.717) is 19.0 Å². The van der Waals surface area contributed by atoms with E-state index in [2.05, 4.69) is 4.98 Å². The Labute approximate surface area is 81.7 Å². The Morgan fingerprint density at radius 3 is 3.07 bits per heavy atom. The third-order valence-electron chi connectivity index (χ3n) is 2.03. The van der Waals surface area contributed by atoms with Crippen LogP contribution in [-0.4, -0.2) is 12.1 Å². The standard InChI is InChI=1S/C10H12N2O2/c1-13-6-9-12-10-7(5-11)3-2-4-8(10)14-9/h2-4H,5-6,11H2,1H3. The summed E-state index contributed by atoms with van der Waals surface area (Å²) in [4.78, 5) is 4.30. The summed E-state index contributed by atoms with van der Waals surface area (Å²) in [5.74, 6) is 0.586. The highest BCUT2D eigenvalue weighted by molar-refractivity contribution is 5.76. The van der Waals surface area contributed by atoms with Crippen molar-refractivity contribution in [2.75, 3.05) is 7.11 Å². The molecule has 2 aromatic rings. The third-order valence-corrected chi connectivity index (χ3v) is 2.03. The van der Waals surface area contributed by atoms with E-state index in [0.717, 1.165) is 16.7 Å². The summed E-state index contributed by atoms with van der Waals surface area (Å²) >= 11 is 0. The fourth-order valence-corrected chi connectivity index (χ4v) is 1.40. The van der Waals surface area contributed by atoms with Crippen molar-refractivity contribution < 1.29 is 9.15 Å². The summed E-state index contributed by atoms with van der Waals surface area (Å²) in [6.45, 7) is 0.856. The highest BCUT2D eigenvalue weighted by atomic mass is 16.5. The number of rotatable bonds is 3. The van der Waals surface area contributed by atoms with Crippen LogP contribution in [0, 0.1) is 0 Å². The second-order valence-electron chi connectivity index (χ2n) is 3.01. The molecular formula is C10H12N2O2. The highest BCUT2D eigenvalue weighted by Gasteiger charge is 2.07. The van der Waals surface area contributed by atoms with Crippen molar-refractivity contribution in [2.45, 2.75) is 13.2 Å². The lowest BCUT2D eigenvalue weighted by Gasteiger charge is -1.94. The predicted octanol–water partition coefficient (Wildman–Crippen LogP) is 1.43. The summed E-state index contributed by atoms with van der Waals surface area (Å²) < 4.78 is 10.4. The van der Waals surface area contributed by atoms with E-state index >= 15 is 0 Å². The van der Waals surface area contributed by atoms with Crippen LogP contribution in [0.3, 0.4) is 0 Å². The van der Waals surface area contributed by atoms with Crippen LogP contribution >= 0.6 is 0 Å². The maximum Gasteiger partial charge on any atom is 0.221 e. The molecular weight excluding hydrogens is 180 g/mol. The fraction of sp³-hybridized carbons (Fsp3) is 0.300. The number of para-hydroxylation sites is 1. The van der Waals surface area contributed by atoms with Gasteiger partial charge in [-0.15, -0.1) is 0 Å². The smallest absolute Gasteiger partial charge is 0.221 e. The van der Waals surface area contributed by atoms with Gasteiger partial charge < -0.3 is 14.9 Å². The molecule has 0 atom stereocenters. The van der Waals surface area contributed by atoms with Crippen molar-refractivity contribution in [2.24, 2.45) is 5.73 Å². The molecule has 0 aliphatic rings. The van der Waals surface area contributed by atoms with Gasteiger partial charge in [0.25, 0.3) is 0 Å². The minimum Gasteiger partial charge on any atom is -0.438 e. The van der Waals surface area contributed by atoms with Crippen molar-refractivity contribution in [1.29, 1.82) is 0 Å². The summed E-state index contributed by atoms with van der Waals surface area (Å²) in [6.07, 6.45) is 0. The first kappa shape index (κ1) is 9.18. The number of oxazole rings is 1. The molecule has 0 spiro atoms. The zero-order chi connectivity index (χ0) is 9.97. The molecule has 1 aromatic carbocycles. The largest absolute Gasteiger partial charge is 0.438 e. The van der Waals surface area contributed by atoms with Gasteiger partial charge >= 0.3 is 0 Å². The summed E-state index contributed by atoms with van der Waals surface area (Å²) in [7, 11) is 1.61. The molecule has 2 rings (SSSR count). The third kappa shape index (κ3) is 1.49. The second kappa shape index (κ2) is 3.77. The van der Waals surface area contributed by atoms with Gasteiger partial charge in [-0.05, 0) is 11.6 Å². The zero-order valence-corrected chi connectivity index (χ0v) is 7.99. The molecule has 0 unspecified atom stereocenters. The Balaban J connectivity index is 2.52. The Morgan fingerprint density at radius 2 is 2.36 bits per heavy atom. The number of hydrogen-bond donors (Lipinski definition) is 1. The molecule has 14 heavy (non-hydrogen) atoms. The van der Waals surface area contributed by atoms with Crippen LogP contribution in [0.15, 0.2) is 22.6 Å². The molecule has 0 fully saturated rings. The molecule has 4 nitrogen and oxygen atoms in total. The molecule has 1 heterocycles. The van der Waals surface area contributed by atoms with Gasteiger partial charge in [-0.25, -0.2) is 4.98 Å². The fourth-order valence-electron chi connectivity index (χ4n) is 1.40. The Morgan fingerprint density at radius 1 is 1.50 bits per heavy atom. The van der Waals surface area contributed by atoms with Crippen molar-refractivity contribution in [3.05, 3.63) is 29.7 Å². The molecule has 0 amide bonds. The van der Waals surface area contributed by atoms with Gasteiger partial charge in [0, 0.05) is 13.7 Å². The quantitative estimate of drug-likeness (QED) is 0.799. The molecule has 0 saturated heterocycles. The van der Waals surface area contributed by atoms with E-state index < -0.39 is 0 Å². The van der Waals surface area contributed by atoms with E-state index in [1.807, 2.05) is 18.2 Å². The lowest BCUT2D eigenvalue weighted by Crippen LogP contribution is -1.96. The molecule has 0 saturated carbocycles. The lowest BCUT2D eigenvalue weighted by molar-refractivity contribution is 0.161. The average molecular weight is 192 g/mol. The number of nitrogens with zero attached hydrogens (tertiary/aromatic N) is 1. The number of hydrogen-bond acceptors (Lipinski definition) is 4. The molecule has 0 bridgehead atoms. The first-order valence-corrected chi connectivity index (χ1v) is 4.41. The van der Waals surface area contributed by atoms with E-state index in [1.54, 1.807) is 7.11 Å². The number of nitrogens with two attached hydrogens (primary N) is 1. The molecule has 2 N–H and O–H groups in total. The van der Waals surface area contributed by atoms with Crippen molar-refractivity contribution >= 4 is 11.1 Å². The number of ether oxygens (including phenoxy) is 1. The number of benzene rings is 1. The molecule has 1 aromatic heterocycles. The zero-order valence-electron chi connectivity index (χ0n) is 7.99. The van der Waals surface area contributed by atoms with Crippen LogP contribution in [0.5, 0.6) is 0 Å². The molecule has 0 aliphatic carbocycles. The maximum atomic E-state index is 5.59. The first-order valence-electron chi connectivity index (χ1n) is 4.41. The Bertz CT molecular complexity index is 437. The minimum absolute atomic E-state index is 0.388. The normalized spacial score (nSPS) is 11.0. The Hall–Kier alpha value is -1.39. The maximum absolute atomic E-state index is 5.59. The van der Waals surface area contributed by atoms with Crippen LogP contribution in [-0.2, 0) is 17.9 Å². The number of methoxy groups -OCH3 is 1. The number of fused-ring (bicyclic) bond motifs is 1. The van der Waals surface area contributed by atoms with E-state index in [1.165, 1.54) is 0 Å². The van der Waals surface area contributed by atoms with E-state index in [4.69, 9.17) is 14.9 Å². The SMILES string of the molecule is COCc1nc2c(CN)cccc2o1. The molecule has 4 heteroatoms. The summed E-state index contributed by atoms with van der Waals surface area (Å²) in [6, 6.07) is 5.73. The first-order chi connectivity index (χ1) is 6.85. The van der Waals surface area contributed by atoms with Crippen molar-refractivity contribution in [3.63, 3.8) is 0 Å². The van der Waals surface area contributed by atoms with Gasteiger partial charge in [0.05, 0.1) is 0 Å². The van der Waals surface area contributed by atoms with Gasteiger partial charge in [0.2, 0.25) is 5.89 Å². The Kier molecular flexibility index (Phi) is 2.47. The van der Waals surface area contributed by atoms with Gasteiger partial charge in [0.1, 0.15) is 12.1 Å². The van der Waals surface area contributed by atoms with Crippen LogP contribution in [0.1, 0.15) is 11.5 Å². The van der Waals surface area contributed by atoms with Gasteiger partial charge in [-0.3, -0.25) is 0 Å². The summed E-state index contributed by atoms with van der Waals surface area (Å²) in [5, 5.41) is 0. The van der Waals surface area contributed by atoms with Crippen LogP contribution in [0.4, 0.5) is 0 Å². The van der Waals surface area contributed by atoms with Crippen molar-refractivity contribution in [1.82, 2.24) is 4.98 Å². The predicted molar refractivity (Wildman–Crippen MR) is 52.6 cm³/mol. The molecule has 0 aliphatic heterocycles. The summed E-state index contributed by atoms with van der Waals surface area (Å²) in [5.41, 5.74) is 8.18. The number of aromatic nitrogens is 1. The van der Waals surface area contributed by atoms with Crippen LogP contribution < -0.4 is 5.73 Å². The monoisotopic (exact) mass is 192 g/mol. The van der Waals surface area contributed by atoms with Crippen molar-refractivity contribution in [3.8, 4) is 0 Å². The van der Waals surface area contributed by atoms with E-state index in [9.17, 15) is 0 Å². The van der Waals surface area contributed by atoms with E-state index in [-0.39, 0.29) is 0 Å².